The molecular weight excluding hydrogens is 526 g/mol. The van der Waals surface area contributed by atoms with Gasteiger partial charge in [-0.05, 0) is 0 Å². The number of allylic oxidation sites excluding steroid dienone is 1. The third kappa shape index (κ3) is 4.86. The van der Waals surface area contributed by atoms with Gasteiger partial charge in [0.05, 0.1) is 0 Å². The van der Waals surface area contributed by atoms with E-state index in [1.54, 1.807) is 0 Å². The molecule has 0 bridgehead atoms. The molecule has 0 saturated carbocycles. The van der Waals surface area contributed by atoms with E-state index in [0.29, 0.717) is 0 Å². The van der Waals surface area contributed by atoms with Crippen molar-refractivity contribution in [2.24, 2.45) is 0 Å². The minimum atomic E-state index is -2.69. The Morgan fingerprint density at radius 2 is 1.42 bits per heavy atom. The molecule has 1 aliphatic carbocycles. The molecule has 1 heterocycles. The van der Waals surface area contributed by atoms with Crippen LogP contribution in [0.2, 0.25) is 0 Å². The second-order valence-corrected chi connectivity index (χ2v) is 20.1. The monoisotopic (exact) mass is 557 g/mol. The van der Waals surface area contributed by atoms with Crippen molar-refractivity contribution in [3.8, 4) is 11.1 Å². The third-order valence-corrected chi connectivity index (χ3v) is 11.8. The SMILES string of the molecule is Cc1ccc(C2=Cc3c(ccc(C)c3-c3cc(C(C)(C)C)cc(C(C)(C)C)c3)[CH]2[Zr]([Cl])[Cl])o1. The number of benzene rings is 2. The van der Waals surface area contributed by atoms with Gasteiger partial charge in [0, 0.05) is 0 Å². The molecule has 0 aliphatic heterocycles. The average Bonchev–Trinajstić information content (AvgIpc) is 3.29. The van der Waals surface area contributed by atoms with Gasteiger partial charge in [0.15, 0.2) is 0 Å². The van der Waals surface area contributed by atoms with Crippen LogP contribution in [0.25, 0.3) is 22.8 Å². The fraction of sp³-hybridized carbons (Fsp3) is 0.379. The molecule has 1 nitrogen and oxygen atoms in total. The molecule has 0 radical (unpaired) electrons. The van der Waals surface area contributed by atoms with Gasteiger partial charge in [0.25, 0.3) is 0 Å². The summed E-state index contributed by atoms with van der Waals surface area (Å²) in [6.45, 7) is 17.9. The van der Waals surface area contributed by atoms with Crippen molar-refractivity contribution in [1.29, 1.82) is 0 Å². The third-order valence-electron chi connectivity index (χ3n) is 6.61. The summed E-state index contributed by atoms with van der Waals surface area (Å²) in [7, 11) is 13.5. The second kappa shape index (κ2) is 8.85. The standard InChI is InChI=1S/C29H33O.2ClH.Zr/c1-18-9-11-20-13-21(26-12-10-19(2)30-26)16-25(20)27(18)22-14-23(28(3,4)5)17-24(15-22)29(6,7)8;;;/h9-17H,1-8H3;2*1H;/q;;;+2/p-2. The minimum absolute atomic E-state index is 0.0598. The average molecular weight is 560 g/mol. The van der Waals surface area contributed by atoms with Crippen LogP contribution >= 0.6 is 17.0 Å². The van der Waals surface area contributed by atoms with E-state index in [1.165, 1.54) is 38.9 Å². The van der Waals surface area contributed by atoms with Crippen molar-refractivity contribution in [1.82, 2.24) is 0 Å². The quantitative estimate of drug-likeness (QED) is 0.311. The van der Waals surface area contributed by atoms with E-state index in [-0.39, 0.29) is 14.5 Å². The molecule has 0 amide bonds. The first-order valence-electron chi connectivity index (χ1n) is 11.5. The fourth-order valence-corrected chi connectivity index (χ4v) is 9.73. The normalized spacial score (nSPS) is 16.1. The molecular formula is C29H33Cl2OZr. The maximum absolute atomic E-state index is 6.75. The summed E-state index contributed by atoms with van der Waals surface area (Å²) in [6.07, 6.45) is 2.28. The van der Waals surface area contributed by atoms with Crippen molar-refractivity contribution in [2.45, 2.75) is 69.8 Å². The molecule has 1 atom stereocenters. The van der Waals surface area contributed by atoms with E-state index >= 15 is 0 Å². The molecule has 0 fully saturated rings. The molecule has 33 heavy (non-hydrogen) atoms. The molecule has 4 rings (SSSR count). The molecule has 1 unspecified atom stereocenters. The Hall–Kier alpha value is -1.08. The first kappa shape index (κ1) is 25.0. The second-order valence-electron chi connectivity index (χ2n) is 11.3. The predicted molar refractivity (Wildman–Crippen MR) is 140 cm³/mol. The van der Waals surface area contributed by atoms with Crippen LogP contribution in [-0.4, -0.2) is 0 Å². The zero-order valence-electron chi connectivity index (χ0n) is 20.9. The Morgan fingerprint density at radius 3 is 1.91 bits per heavy atom. The van der Waals surface area contributed by atoms with Gasteiger partial charge in [0.1, 0.15) is 0 Å². The van der Waals surface area contributed by atoms with Gasteiger partial charge >= 0.3 is 215 Å². The van der Waals surface area contributed by atoms with Gasteiger partial charge < -0.3 is 0 Å². The number of halogens is 2. The molecule has 4 heteroatoms. The topological polar surface area (TPSA) is 13.1 Å². The number of fused-ring (bicyclic) bond motifs is 1. The van der Waals surface area contributed by atoms with Crippen LogP contribution in [-0.2, 0) is 30.2 Å². The maximum atomic E-state index is 6.75. The molecule has 2 aromatic carbocycles. The van der Waals surface area contributed by atoms with E-state index in [1.807, 2.05) is 19.1 Å². The van der Waals surface area contributed by atoms with Gasteiger partial charge in [-0.2, -0.15) is 0 Å². The summed E-state index contributed by atoms with van der Waals surface area (Å²) < 4.78 is 6.10. The molecule has 0 spiro atoms. The van der Waals surface area contributed by atoms with E-state index in [2.05, 4.69) is 84.9 Å². The predicted octanol–water partition coefficient (Wildman–Crippen LogP) is 9.68. The summed E-state index contributed by atoms with van der Waals surface area (Å²) in [5.74, 6) is 1.79. The van der Waals surface area contributed by atoms with Crippen LogP contribution in [0.5, 0.6) is 0 Å². The zero-order valence-corrected chi connectivity index (χ0v) is 24.8. The summed E-state index contributed by atoms with van der Waals surface area (Å²) in [4.78, 5) is 0. The molecule has 1 aliphatic rings. The van der Waals surface area contributed by atoms with Crippen molar-refractivity contribution >= 4 is 28.7 Å². The molecule has 0 N–H and O–H groups in total. The van der Waals surface area contributed by atoms with Crippen LogP contribution < -0.4 is 0 Å². The number of hydrogen-bond donors (Lipinski definition) is 0. The summed E-state index contributed by atoms with van der Waals surface area (Å²) in [5, 5.41) is 0. The Balaban J connectivity index is 2.00. The number of hydrogen-bond acceptors (Lipinski definition) is 1. The van der Waals surface area contributed by atoms with E-state index < -0.39 is 19.4 Å². The van der Waals surface area contributed by atoms with Crippen LogP contribution in [0.4, 0.5) is 0 Å². The van der Waals surface area contributed by atoms with Gasteiger partial charge in [-0.25, -0.2) is 0 Å². The van der Waals surface area contributed by atoms with Crippen molar-refractivity contribution < 1.29 is 23.8 Å². The van der Waals surface area contributed by atoms with Crippen LogP contribution in [0.1, 0.15) is 84.5 Å². The van der Waals surface area contributed by atoms with Crippen molar-refractivity contribution in [3.05, 3.63) is 81.8 Å². The van der Waals surface area contributed by atoms with E-state index in [0.717, 1.165) is 17.1 Å². The summed E-state index contributed by atoms with van der Waals surface area (Å²) in [6, 6.07) is 15.6. The number of furan rings is 1. The van der Waals surface area contributed by atoms with E-state index in [4.69, 9.17) is 21.4 Å². The van der Waals surface area contributed by atoms with Crippen LogP contribution in [0.3, 0.4) is 0 Å². The zero-order chi connectivity index (χ0) is 24.3. The molecule has 1 aromatic heterocycles. The number of aryl methyl sites for hydroxylation is 2. The first-order chi connectivity index (χ1) is 15.3. The Kier molecular flexibility index (Phi) is 6.72. The van der Waals surface area contributed by atoms with Gasteiger partial charge in [-0.3, -0.25) is 0 Å². The van der Waals surface area contributed by atoms with Crippen molar-refractivity contribution in [3.63, 3.8) is 0 Å². The Morgan fingerprint density at radius 1 is 0.818 bits per heavy atom. The van der Waals surface area contributed by atoms with Gasteiger partial charge in [-0.1, -0.05) is 0 Å². The Labute approximate surface area is 214 Å². The molecule has 173 valence electrons. The van der Waals surface area contributed by atoms with E-state index in [9.17, 15) is 0 Å². The summed E-state index contributed by atoms with van der Waals surface area (Å²) >= 11 is -2.69. The summed E-state index contributed by atoms with van der Waals surface area (Å²) in [5.41, 5.74) is 10.3. The van der Waals surface area contributed by atoms with Crippen molar-refractivity contribution in [2.75, 3.05) is 0 Å². The first-order valence-corrected chi connectivity index (χ1v) is 19.3. The number of rotatable bonds is 3. The van der Waals surface area contributed by atoms with Gasteiger partial charge in [-0.15, -0.1) is 0 Å². The van der Waals surface area contributed by atoms with Gasteiger partial charge in [0.2, 0.25) is 0 Å². The fourth-order valence-electron chi connectivity index (χ4n) is 4.62. The molecule has 3 aromatic rings. The van der Waals surface area contributed by atoms with Crippen LogP contribution in [0.15, 0.2) is 46.9 Å². The van der Waals surface area contributed by atoms with Crippen LogP contribution in [0, 0.1) is 13.8 Å². The molecule has 0 saturated heterocycles. The Bertz CT molecular complexity index is 1200.